The molecule has 0 atom stereocenters. The minimum atomic E-state index is -1.05. The van der Waals surface area contributed by atoms with Gasteiger partial charge in [0, 0.05) is 36.0 Å². The number of hydrogen-bond acceptors (Lipinski definition) is 7. The van der Waals surface area contributed by atoms with E-state index in [1.54, 1.807) is 32.2 Å². The molecule has 0 fully saturated rings. The standard InChI is InChI=1S/C21H27N5O3S/c1-6-22-19(28)25-20-24-15-9-13(12-7-8-16(23-10-12)21(2,3)29)17(27)14(11-26(4)5)18(15)30-20/h7-10,27,29H,6,11H2,1-5H3,(H2,22,24,25,28). The van der Waals surface area contributed by atoms with Gasteiger partial charge in [-0.3, -0.25) is 10.3 Å². The molecule has 0 unspecified atom stereocenters. The first-order valence-corrected chi connectivity index (χ1v) is 10.5. The highest BCUT2D eigenvalue weighted by molar-refractivity contribution is 7.22. The van der Waals surface area contributed by atoms with Gasteiger partial charge in [0.15, 0.2) is 5.13 Å². The third kappa shape index (κ3) is 4.69. The zero-order chi connectivity index (χ0) is 22.1. The molecule has 0 aliphatic carbocycles. The van der Waals surface area contributed by atoms with E-state index >= 15 is 0 Å². The lowest BCUT2D eigenvalue weighted by molar-refractivity contribution is 0.0739. The Labute approximate surface area is 179 Å². The minimum Gasteiger partial charge on any atom is -0.507 e. The second-order valence-corrected chi connectivity index (χ2v) is 8.83. The number of amides is 2. The predicted molar refractivity (Wildman–Crippen MR) is 120 cm³/mol. The average molecular weight is 430 g/mol. The highest BCUT2D eigenvalue weighted by atomic mass is 32.1. The van der Waals surface area contributed by atoms with Crippen LogP contribution in [0, 0.1) is 0 Å². The number of benzene rings is 1. The average Bonchev–Trinajstić information content (AvgIpc) is 3.05. The summed E-state index contributed by atoms with van der Waals surface area (Å²) in [4.78, 5) is 22.7. The molecule has 0 saturated heterocycles. The van der Waals surface area contributed by atoms with Gasteiger partial charge in [0.25, 0.3) is 0 Å². The number of hydrogen-bond donors (Lipinski definition) is 4. The number of rotatable bonds is 6. The number of aromatic hydroxyl groups is 1. The van der Waals surface area contributed by atoms with Gasteiger partial charge in [0.2, 0.25) is 0 Å². The number of carbonyl (C=O) groups is 1. The molecule has 0 aliphatic rings. The Kier molecular flexibility index (Phi) is 6.25. The van der Waals surface area contributed by atoms with Gasteiger partial charge < -0.3 is 20.4 Å². The quantitative estimate of drug-likeness (QED) is 0.477. The number of urea groups is 1. The SMILES string of the molecule is CCNC(=O)Nc1nc2cc(-c3ccc(C(C)(C)O)nc3)c(O)c(CN(C)C)c2s1. The fourth-order valence-corrected chi connectivity index (χ4v) is 4.05. The number of pyridine rings is 1. The molecule has 2 aromatic heterocycles. The number of nitrogens with zero attached hydrogens (tertiary/aromatic N) is 3. The molecular formula is C21H27N5O3S. The molecule has 8 nitrogen and oxygen atoms in total. The van der Waals surface area contributed by atoms with Gasteiger partial charge in [-0.25, -0.2) is 9.78 Å². The number of carbonyl (C=O) groups excluding carboxylic acids is 1. The molecule has 3 aromatic rings. The van der Waals surface area contributed by atoms with E-state index in [-0.39, 0.29) is 11.8 Å². The minimum absolute atomic E-state index is 0.155. The Bertz CT molecular complexity index is 1060. The summed E-state index contributed by atoms with van der Waals surface area (Å²) >= 11 is 1.33. The molecule has 2 heterocycles. The van der Waals surface area contributed by atoms with Crippen LogP contribution >= 0.6 is 11.3 Å². The maximum atomic E-state index is 11.9. The zero-order valence-corrected chi connectivity index (χ0v) is 18.6. The van der Waals surface area contributed by atoms with E-state index in [2.05, 4.69) is 20.6 Å². The number of aliphatic hydroxyl groups is 1. The molecule has 9 heteroatoms. The van der Waals surface area contributed by atoms with Gasteiger partial charge in [0.05, 0.1) is 15.9 Å². The second-order valence-electron chi connectivity index (χ2n) is 7.83. The summed E-state index contributed by atoms with van der Waals surface area (Å²) in [7, 11) is 3.85. The summed E-state index contributed by atoms with van der Waals surface area (Å²) in [5, 5.41) is 27.1. The van der Waals surface area contributed by atoms with Crippen molar-refractivity contribution in [3.05, 3.63) is 35.7 Å². The van der Waals surface area contributed by atoms with Crippen LogP contribution in [0.3, 0.4) is 0 Å². The lowest BCUT2D eigenvalue weighted by Gasteiger charge is -2.17. The first-order valence-electron chi connectivity index (χ1n) is 9.64. The molecule has 4 N–H and O–H groups in total. The number of thiazole rings is 1. The van der Waals surface area contributed by atoms with Crippen LogP contribution in [0.25, 0.3) is 21.3 Å². The van der Waals surface area contributed by atoms with Crippen molar-refractivity contribution in [1.29, 1.82) is 0 Å². The van der Waals surface area contributed by atoms with Crippen molar-refractivity contribution in [1.82, 2.24) is 20.2 Å². The summed E-state index contributed by atoms with van der Waals surface area (Å²) in [6, 6.07) is 5.04. The molecule has 0 saturated carbocycles. The Hall–Kier alpha value is -2.75. The normalized spacial score (nSPS) is 11.8. The van der Waals surface area contributed by atoms with Crippen LogP contribution in [-0.2, 0) is 12.1 Å². The van der Waals surface area contributed by atoms with E-state index in [4.69, 9.17) is 0 Å². The summed E-state index contributed by atoms with van der Waals surface area (Å²) in [5.41, 5.74) is 2.23. The molecule has 0 aliphatic heterocycles. The number of nitrogens with one attached hydrogen (secondary N) is 2. The molecule has 3 rings (SSSR count). The van der Waals surface area contributed by atoms with Crippen molar-refractivity contribution in [2.24, 2.45) is 0 Å². The maximum Gasteiger partial charge on any atom is 0.321 e. The van der Waals surface area contributed by atoms with Gasteiger partial charge in [-0.2, -0.15) is 0 Å². The van der Waals surface area contributed by atoms with Crippen LogP contribution in [0.1, 0.15) is 32.0 Å². The molecule has 30 heavy (non-hydrogen) atoms. The van der Waals surface area contributed by atoms with E-state index in [0.29, 0.717) is 40.6 Å². The highest BCUT2D eigenvalue weighted by Gasteiger charge is 2.21. The van der Waals surface area contributed by atoms with E-state index in [0.717, 1.165) is 10.3 Å². The van der Waals surface area contributed by atoms with Crippen LogP contribution < -0.4 is 10.6 Å². The molecular weight excluding hydrogens is 402 g/mol. The molecule has 0 bridgehead atoms. The first kappa shape index (κ1) is 21.9. The van der Waals surface area contributed by atoms with Gasteiger partial charge >= 0.3 is 6.03 Å². The van der Waals surface area contributed by atoms with E-state index in [9.17, 15) is 15.0 Å². The fourth-order valence-electron chi connectivity index (χ4n) is 3.07. The Morgan fingerprint density at radius 1 is 1.30 bits per heavy atom. The van der Waals surface area contributed by atoms with E-state index < -0.39 is 5.60 Å². The van der Waals surface area contributed by atoms with Crippen LogP contribution in [0.2, 0.25) is 0 Å². The van der Waals surface area contributed by atoms with Crippen LogP contribution in [0.15, 0.2) is 24.4 Å². The molecule has 0 radical (unpaired) electrons. The zero-order valence-electron chi connectivity index (χ0n) is 17.8. The highest BCUT2D eigenvalue weighted by Crippen LogP contribution is 2.41. The van der Waals surface area contributed by atoms with Crippen molar-refractivity contribution in [2.75, 3.05) is 26.0 Å². The third-order valence-electron chi connectivity index (χ3n) is 4.48. The number of phenols is 1. The van der Waals surface area contributed by atoms with Crippen molar-refractivity contribution in [3.8, 4) is 16.9 Å². The molecule has 2 amide bonds. The summed E-state index contributed by atoms with van der Waals surface area (Å²) in [6.07, 6.45) is 1.63. The lowest BCUT2D eigenvalue weighted by atomic mass is 9.99. The van der Waals surface area contributed by atoms with Crippen LogP contribution in [0.5, 0.6) is 5.75 Å². The first-order chi connectivity index (χ1) is 14.1. The fraction of sp³-hybridized carbons (Fsp3) is 0.381. The summed E-state index contributed by atoms with van der Waals surface area (Å²) < 4.78 is 0.817. The topological polar surface area (TPSA) is 111 Å². The molecule has 0 spiro atoms. The van der Waals surface area contributed by atoms with Gasteiger partial charge in [-0.15, -0.1) is 0 Å². The maximum absolute atomic E-state index is 11.9. The largest absolute Gasteiger partial charge is 0.507 e. The van der Waals surface area contributed by atoms with E-state index in [1.165, 1.54) is 11.3 Å². The van der Waals surface area contributed by atoms with Crippen LogP contribution in [0.4, 0.5) is 9.93 Å². The Morgan fingerprint density at radius 2 is 2.03 bits per heavy atom. The predicted octanol–water partition coefficient (Wildman–Crippen LogP) is 3.49. The Morgan fingerprint density at radius 3 is 2.60 bits per heavy atom. The summed E-state index contributed by atoms with van der Waals surface area (Å²) in [6.45, 7) is 6.21. The van der Waals surface area contributed by atoms with Crippen LogP contribution in [-0.4, -0.2) is 51.8 Å². The van der Waals surface area contributed by atoms with Crippen molar-refractivity contribution in [2.45, 2.75) is 32.9 Å². The summed E-state index contributed by atoms with van der Waals surface area (Å²) in [5.74, 6) is 0.155. The second kappa shape index (κ2) is 8.55. The molecule has 1 aromatic carbocycles. The van der Waals surface area contributed by atoms with Gasteiger partial charge in [0.1, 0.15) is 11.4 Å². The number of aromatic nitrogens is 2. The monoisotopic (exact) mass is 429 g/mol. The number of anilines is 1. The van der Waals surface area contributed by atoms with E-state index in [1.807, 2.05) is 32.0 Å². The van der Waals surface area contributed by atoms with Crippen molar-refractivity contribution < 1.29 is 15.0 Å². The number of fused-ring (bicyclic) bond motifs is 1. The smallest absolute Gasteiger partial charge is 0.321 e. The molecule has 160 valence electrons. The third-order valence-corrected chi connectivity index (χ3v) is 5.53. The van der Waals surface area contributed by atoms with Crippen molar-refractivity contribution in [3.63, 3.8) is 0 Å². The lowest BCUT2D eigenvalue weighted by Crippen LogP contribution is -2.28. The van der Waals surface area contributed by atoms with Crippen molar-refractivity contribution >= 4 is 32.7 Å². The van der Waals surface area contributed by atoms with Gasteiger partial charge in [-0.05, 0) is 47.0 Å². The number of phenolic OH excluding ortho intramolecular Hbond substituents is 1. The Balaban J connectivity index is 2.10. The van der Waals surface area contributed by atoms with Gasteiger partial charge in [-0.1, -0.05) is 17.4 Å².